The van der Waals surface area contributed by atoms with Crippen molar-refractivity contribution in [2.45, 2.75) is 39.9 Å². The molecule has 1 aromatic rings. The van der Waals surface area contributed by atoms with Gasteiger partial charge in [0.25, 0.3) is 5.91 Å². The normalized spacial score (nSPS) is 20.2. The number of carbonyl (C=O) groups excluding carboxylic acids is 1. The molecule has 1 aliphatic carbocycles. The van der Waals surface area contributed by atoms with Gasteiger partial charge in [0.1, 0.15) is 5.82 Å². The number of carbonyl (C=O) groups is 1. The van der Waals surface area contributed by atoms with Gasteiger partial charge >= 0.3 is 6.18 Å². The first-order valence-electron chi connectivity index (χ1n) is 6.57. The summed E-state index contributed by atoms with van der Waals surface area (Å²) in [5.41, 5.74) is -2.37. The minimum Gasteiger partial charge on any atom is -0.348 e. The van der Waals surface area contributed by atoms with Crippen LogP contribution in [0.2, 0.25) is 0 Å². The van der Waals surface area contributed by atoms with Crippen LogP contribution in [0.4, 0.5) is 17.6 Å². The maximum Gasteiger partial charge on any atom is 0.419 e. The van der Waals surface area contributed by atoms with Crippen LogP contribution < -0.4 is 5.32 Å². The van der Waals surface area contributed by atoms with E-state index in [0.717, 1.165) is 12.1 Å². The lowest BCUT2D eigenvalue weighted by molar-refractivity contribution is -0.140. The van der Waals surface area contributed by atoms with Crippen molar-refractivity contribution in [3.8, 4) is 0 Å². The first-order valence-corrected chi connectivity index (χ1v) is 6.57. The molecule has 1 aliphatic rings. The molecule has 0 radical (unpaired) electrons. The number of rotatable bonds is 2. The maximum atomic E-state index is 13.9. The van der Waals surface area contributed by atoms with Gasteiger partial charge in [0.05, 0.1) is 11.1 Å². The summed E-state index contributed by atoms with van der Waals surface area (Å²) in [6.45, 7) is 7.78. The molecule has 0 aromatic heterocycles. The summed E-state index contributed by atoms with van der Waals surface area (Å²) in [6, 6.07) is 2.51. The van der Waals surface area contributed by atoms with E-state index in [-0.39, 0.29) is 16.9 Å². The lowest BCUT2D eigenvalue weighted by Gasteiger charge is -2.12. The van der Waals surface area contributed by atoms with Gasteiger partial charge in [-0.1, -0.05) is 33.8 Å². The van der Waals surface area contributed by atoms with Crippen LogP contribution in [0.15, 0.2) is 18.2 Å². The molecular formula is C15H17F4NO. The molecule has 1 fully saturated rings. The van der Waals surface area contributed by atoms with Crippen LogP contribution in [-0.4, -0.2) is 11.9 Å². The molecule has 2 rings (SSSR count). The fraction of sp³-hybridized carbons (Fsp3) is 0.533. The molecule has 6 heteroatoms. The lowest BCUT2D eigenvalue weighted by Crippen LogP contribution is -2.31. The molecule has 1 saturated carbocycles. The van der Waals surface area contributed by atoms with Gasteiger partial charge in [-0.15, -0.1) is 0 Å². The smallest absolute Gasteiger partial charge is 0.348 e. The quantitative estimate of drug-likeness (QED) is 0.822. The lowest BCUT2D eigenvalue weighted by atomic mass is 10.0. The third-order valence-corrected chi connectivity index (χ3v) is 4.84. The Morgan fingerprint density at radius 1 is 1.14 bits per heavy atom. The molecule has 0 aliphatic heterocycles. The first kappa shape index (κ1) is 15.8. The maximum absolute atomic E-state index is 13.9. The van der Waals surface area contributed by atoms with E-state index < -0.39 is 29.0 Å². The van der Waals surface area contributed by atoms with Gasteiger partial charge in [0.15, 0.2) is 0 Å². The minimum atomic E-state index is -4.82. The summed E-state index contributed by atoms with van der Waals surface area (Å²) in [6.07, 6.45) is -4.82. The second-order valence-electron chi connectivity index (χ2n) is 6.51. The fourth-order valence-electron chi connectivity index (χ4n) is 2.69. The molecule has 1 amide bonds. The Bertz CT molecular complexity index is 576. The molecule has 0 unspecified atom stereocenters. The zero-order chi connectivity index (χ0) is 16.2. The van der Waals surface area contributed by atoms with Crippen molar-refractivity contribution in [2.24, 2.45) is 10.8 Å². The fourth-order valence-corrected chi connectivity index (χ4v) is 2.69. The highest BCUT2D eigenvalue weighted by atomic mass is 19.4. The number of amides is 1. The van der Waals surface area contributed by atoms with Crippen LogP contribution in [-0.2, 0) is 6.18 Å². The van der Waals surface area contributed by atoms with Crippen LogP contribution in [0.5, 0.6) is 0 Å². The highest BCUT2D eigenvalue weighted by molar-refractivity contribution is 5.95. The number of hydrogen-bond donors (Lipinski definition) is 1. The summed E-state index contributed by atoms with van der Waals surface area (Å²) >= 11 is 0. The molecule has 0 heterocycles. The predicted molar refractivity (Wildman–Crippen MR) is 70.2 cm³/mol. The van der Waals surface area contributed by atoms with E-state index in [1.54, 1.807) is 0 Å². The minimum absolute atomic E-state index is 0.180. The van der Waals surface area contributed by atoms with Gasteiger partial charge in [-0.05, 0) is 23.0 Å². The molecule has 0 bridgehead atoms. The molecule has 1 aromatic carbocycles. The average molecular weight is 303 g/mol. The van der Waals surface area contributed by atoms with Crippen molar-refractivity contribution < 1.29 is 22.4 Å². The summed E-state index contributed by atoms with van der Waals surface area (Å²) in [7, 11) is 0. The Labute approximate surface area is 120 Å². The van der Waals surface area contributed by atoms with Crippen LogP contribution >= 0.6 is 0 Å². The average Bonchev–Trinajstić information content (AvgIpc) is 2.70. The number of hydrogen-bond acceptors (Lipinski definition) is 1. The van der Waals surface area contributed by atoms with Gasteiger partial charge < -0.3 is 5.32 Å². The zero-order valence-corrected chi connectivity index (χ0v) is 12.2. The van der Waals surface area contributed by atoms with Crippen molar-refractivity contribution in [1.82, 2.24) is 5.32 Å². The van der Waals surface area contributed by atoms with Gasteiger partial charge in [-0.25, -0.2) is 4.39 Å². The number of nitrogens with one attached hydrogen (secondary N) is 1. The monoisotopic (exact) mass is 303 g/mol. The van der Waals surface area contributed by atoms with Crippen molar-refractivity contribution >= 4 is 5.91 Å². The number of benzene rings is 1. The van der Waals surface area contributed by atoms with E-state index >= 15 is 0 Å². The van der Waals surface area contributed by atoms with Gasteiger partial charge in [0.2, 0.25) is 0 Å². The van der Waals surface area contributed by atoms with Crippen LogP contribution in [0.25, 0.3) is 0 Å². The van der Waals surface area contributed by atoms with Gasteiger partial charge in [-0.3, -0.25) is 4.79 Å². The standard InChI is InChI=1S/C15H17F4NO/c1-13(2)12(14(13,3)4)20-11(21)8-6-5-7-9(10(8)16)15(17,18)19/h5-7,12H,1-4H3,(H,20,21). The Hall–Kier alpha value is -1.59. The van der Waals surface area contributed by atoms with Crippen LogP contribution in [0.1, 0.15) is 43.6 Å². The summed E-state index contributed by atoms with van der Waals surface area (Å²) < 4.78 is 51.8. The Morgan fingerprint density at radius 2 is 1.67 bits per heavy atom. The van der Waals surface area contributed by atoms with Crippen molar-refractivity contribution in [1.29, 1.82) is 0 Å². The summed E-state index contributed by atoms with van der Waals surface area (Å²) in [5.74, 6) is -2.35. The molecule has 1 N–H and O–H groups in total. The molecule has 116 valence electrons. The summed E-state index contributed by atoms with van der Waals surface area (Å²) in [5, 5.41) is 2.62. The highest BCUT2D eigenvalue weighted by Gasteiger charge is 2.65. The Balaban J connectivity index is 2.26. The van der Waals surface area contributed by atoms with E-state index in [9.17, 15) is 22.4 Å². The molecular weight excluding hydrogens is 286 g/mol. The van der Waals surface area contributed by atoms with E-state index in [1.165, 1.54) is 0 Å². The topological polar surface area (TPSA) is 29.1 Å². The Kier molecular flexibility index (Phi) is 3.35. The third kappa shape index (κ3) is 2.40. The molecule has 0 saturated heterocycles. The van der Waals surface area contributed by atoms with Crippen LogP contribution in [0.3, 0.4) is 0 Å². The largest absolute Gasteiger partial charge is 0.419 e. The van der Waals surface area contributed by atoms with Crippen molar-refractivity contribution in [3.05, 3.63) is 35.1 Å². The molecule has 2 nitrogen and oxygen atoms in total. The SMILES string of the molecule is CC1(C)C(NC(=O)c2cccc(C(F)(F)F)c2F)C1(C)C. The molecule has 0 spiro atoms. The van der Waals surface area contributed by atoms with E-state index in [1.807, 2.05) is 27.7 Å². The highest BCUT2D eigenvalue weighted by Crippen LogP contribution is 2.62. The van der Waals surface area contributed by atoms with Gasteiger partial charge in [-0.2, -0.15) is 13.2 Å². The van der Waals surface area contributed by atoms with E-state index in [4.69, 9.17) is 0 Å². The number of alkyl halides is 3. The predicted octanol–water partition coefficient (Wildman–Crippen LogP) is 4.01. The second kappa shape index (κ2) is 4.45. The van der Waals surface area contributed by atoms with Crippen LogP contribution in [0, 0.1) is 16.6 Å². The van der Waals surface area contributed by atoms with Crippen molar-refractivity contribution in [3.63, 3.8) is 0 Å². The summed E-state index contributed by atoms with van der Waals surface area (Å²) in [4.78, 5) is 12.1. The second-order valence-corrected chi connectivity index (χ2v) is 6.51. The third-order valence-electron chi connectivity index (χ3n) is 4.84. The molecule has 0 atom stereocenters. The first-order chi connectivity index (χ1) is 9.40. The van der Waals surface area contributed by atoms with E-state index in [0.29, 0.717) is 6.07 Å². The van der Waals surface area contributed by atoms with E-state index in [2.05, 4.69) is 5.32 Å². The molecule has 21 heavy (non-hydrogen) atoms. The van der Waals surface area contributed by atoms with Crippen molar-refractivity contribution in [2.75, 3.05) is 0 Å². The zero-order valence-electron chi connectivity index (χ0n) is 12.2. The van der Waals surface area contributed by atoms with Gasteiger partial charge in [0, 0.05) is 6.04 Å². The number of halogens is 4. The Morgan fingerprint density at radius 3 is 2.10 bits per heavy atom.